The van der Waals surface area contributed by atoms with Crippen molar-refractivity contribution in [3.8, 4) is 0 Å². The Morgan fingerprint density at radius 1 is 1.38 bits per heavy atom. The molecule has 0 aromatic carbocycles. The number of nitrogens with zero attached hydrogens (tertiary/aromatic N) is 3. The second-order valence-corrected chi connectivity index (χ2v) is 5.35. The monoisotopic (exact) mass is 292 g/mol. The highest BCUT2D eigenvalue weighted by Crippen LogP contribution is 2.24. The summed E-state index contributed by atoms with van der Waals surface area (Å²) < 4.78 is 12.5. The molecule has 0 aliphatic carbocycles. The molecule has 2 heterocycles. The maximum atomic E-state index is 5.24. The lowest BCUT2D eigenvalue weighted by Crippen LogP contribution is -2.13. The maximum absolute atomic E-state index is 5.24. The lowest BCUT2D eigenvalue weighted by atomic mass is 10.1. The van der Waals surface area contributed by atoms with Crippen LogP contribution in [-0.4, -0.2) is 28.4 Å². The first kappa shape index (κ1) is 15.6. The largest absolute Gasteiger partial charge is 0.385 e. The Balaban J connectivity index is 2.12. The minimum Gasteiger partial charge on any atom is -0.385 e. The van der Waals surface area contributed by atoms with Gasteiger partial charge in [0.1, 0.15) is 5.76 Å². The Labute approximate surface area is 125 Å². The standard InChI is InChI=1S/C15H24N4O2/c1-10-9-19(7-6-8-20-5)15(16-10)17-11(2)14-12(3)18-21-13(14)4/h9,11H,6-8H2,1-5H3,(H,16,17). The van der Waals surface area contributed by atoms with Crippen molar-refractivity contribution in [3.63, 3.8) is 0 Å². The van der Waals surface area contributed by atoms with E-state index in [1.54, 1.807) is 7.11 Å². The van der Waals surface area contributed by atoms with Crippen molar-refractivity contribution in [1.82, 2.24) is 14.7 Å². The topological polar surface area (TPSA) is 65.1 Å². The number of imidazole rings is 1. The number of hydrogen-bond acceptors (Lipinski definition) is 5. The molecular formula is C15H24N4O2. The van der Waals surface area contributed by atoms with Gasteiger partial charge in [-0.3, -0.25) is 0 Å². The molecule has 2 aromatic rings. The van der Waals surface area contributed by atoms with Crippen LogP contribution in [0, 0.1) is 20.8 Å². The molecule has 0 amide bonds. The van der Waals surface area contributed by atoms with Gasteiger partial charge in [0.25, 0.3) is 0 Å². The first-order chi connectivity index (χ1) is 10.0. The summed E-state index contributed by atoms with van der Waals surface area (Å²) in [6.07, 6.45) is 3.01. The van der Waals surface area contributed by atoms with Crippen LogP contribution >= 0.6 is 0 Å². The Bertz CT molecular complexity index is 569. The van der Waals surface area contributed by atoms with E-state index < -0.39 is 0 Å². The van der Waals surface area contributed by atoms with Crippen molar-refractivity contribution >= 4 is 5.95 Å². The predicted molar refractivity (Wildman–Crippen MR) is 81.5 cm³/mol. The number of hydrogen-bond donors (Lipinski definition) is 1. The van der Waals surface area contributed by atoms with E-state index >= 15 is 0 Å². The fourth-order valence-corrected chi connectivity index (χ4v) is 2.59. The summed E-state index contributed by atoms with van der Waals surface area (Å²) in [6, 6.07) is 0.0965. The van der Waals surface area contributed by atoms with Crippen LogP contribution in [0.3, 0.4) is 0 Å². The van der Waals surface area contributed by atoms with Crippen LogP contribution in [0.4, 0.5) is 5.95 Å². The van der Waals surface area contributed by atoms with E-state index in [0.29, 0.717) is 0 Å². The fraction of sp³-hybridized carbons (Fsp3) is 0.600. The van der Waals surface area contributed by atoms with Crippen molar-refractivity contribution in [2.75, 3.05) is 19.0 Å². The van der Waals surface area contributed by atoms with Gasteiger partial charge in [0.2, 0.25) is 5.95 Å². The Morgan fingerprint density at radius 2 is 2.14 bits per heavy atom. The molecule has 6 nitrogen and oxygen atoms in total. The van der Waals surface area contributed by atoms with Crippen LogP contribution < -0.4 is 5.32 Å². The molecule has 0 spiro atoms. The zero-order valence-electron chi connectivity index (χ0n) is 13.4. The predicted octanol–water partition coefficient (Wildman–Crippen LogP) is 3.01. The van der Waals surface area contributed by atoms with Crippen molar-refractivity contribution in [3.05, 3.63) is 28.9 Å². The molecule has 0 fully saturated rings. The van der Waals surface area contributed by atoms with Crippen molar-refractivity contribution in [1.29, 1.82) is 0 Å². The highest BCUT2D eigenvalue weighted by molar-refractivity contribution is 5.36. The molecule has 6 heteroatoms. The highest BCUT2D eigenvalue weighted by atomic mass is 16.5. The third kappa shape index (κ3) is 3.64. The summed E-state index contributed by atoms with van der Waals surface area (Å²) in [6.45, 7) is 9.61. The summed E-state index contributed by atoms with van der Waals surface area (Å²) in [5, 5.41) is 7.46. The van der Waals surface area contributed by atoms with E-state index in [0.717, 1.165) is 48.2 Å². The van der Waals surface area contributed by atoms with Crippen LogP contribution in [-0.2, 0) is 11.3 Å². The van der Waals surface area contributed by atoms with Crippen LogP contribution in [0.15, 0.2) is 10.7 Å². The smallest absolute Gasteiger partial charge is 0.203 e. The minimum absolute atomic E-state index is 0.0965. The lowest BCUT2D eigenvalue weighted by molar-refractivity contribution is 0.190. The van der Waals surface area contributed by atoms with E-state index in [9.17, 15) is 0 Å². The fourth-order valence-electron chi connectivity index (χ4n) is 2.59. The molecule has 2 rings (SSSR count). The zero-order chi connectivity index (χ0) is 15.4. The van der Waals surface area contributed by atoms with Gasteiger partial charge in [0.15, 0.2) is 0 Å². The molecule has 21 heavy (non-hydrogen) atoms. The van der Waals surface area contributed by atoms with Crippen LogP contribution in [0.1, 0.15) is 42.1 Å². The van der Waals surface area contributed by atoms with Crippen LogP contribution in [0.25, 0.3) is 0 Å². The van der Waals surface area contributed by atoms with Gasteiger partial charge in [0.05, 0.1) is 17.4 Å². The number of methoxy groups -OCH3 is 1. The van der Waals surface area contributed by atoms with Gasteiger partial charge >= 0.3 is 0 Å². The van der Waals surface area contributed by atoms with Crippen molar-refractivity contribution in [2.24, 2.45) is 0 Å². The van der Waals surface area contributed by atoms with Crippen LogP contribution in [0.2, 0.25) is 0 Å². The van der Waals surface area contributed by atoms with Gasteiger partial charge in [-0.05, 0) is 34.1 Å². The summed E-state index contributed by atoms with van der Waals surface area (Å²) >= 11 is 0. The first-order valence-electron chi connectivity index (χ1n) is 7.25. The molecule has 0 aliphatic heterocycles. The summed E-state index contributed by atoms with van der Waals surface area (Å²) in [5.74, 6) is 1.72. The molecule has 1 unspecified atom stereocenters. The average Bonchev–Trinajstić information content (AvgIpc) is 2.93. The molecule has 0 saturated heterocycles. The van der Waals surface area contributed by atoms with E-state index in [2.05, 4.69) is 33.1 Å². The normalized spacial score (nSPS) is 12.6. The summed E-state index contributed by atoms with van der Waals surface area (Å²) in [5.41, 5.74) is 3.02. The Morgan fingerprint density at radius 3 is 2.76 bits per heavy atom. The molecule has 0 aliphatic rings. The Kier molecular flexibility index (Phi) is 5.01. The molecule has 1 N–H and O–H groups in total. The van der Waals surface area contributed by atoms with Crippen molar-refractivity contribution < 1.29 is 9.26 Å². The number of aryl methyl sites for hydroxylation is 4. The van der Waals surface area contributed by atoms with Gasteiger partial charge in [0, 0.05) is 32.0 Å². The van der Waals surface area contributed by atoms with Gasteiger partial charge < -0.3 is 19.1 Å². The van der Waals surface area contributed by atoms with Gasteiger partial charge in [-0.1, -0.05) is 5.16 Å². The summed E-state index contributed by atoms with van der Waals surface area (Å²) in [7, 11) is 1.72. The molecule has 0 saturated carbocycles. The third-order valence-electron chi connectivity index (χ3n) is 3.51. The first-order valence-corrected chi connectivity index (χ1v) is 7.25. The van der Waals surface area contributed by atoms with Crippen LogP contribution in [0.5, 0.6) is 0 Å². The van der Waals surface area contributed by atoms with E-state index in [-0.39, 0.29) is 6.04 Å². The molecular weight excluding hydrogens is 268 g/mol. The number of nitrogens with one attached hydrogen (secondary N) is 1. The minimum atomic E-state index is 0.0965. The molecule has 0 radical (unpaired) electrons. The quantitative estimate of drug-likeness (QED) is 0.795. The number of ether oxygens (including phenoxy) is 1. The van der Waals surface area contributed by atoms with E-state index in [1.807, 2.05) is 20.8 Å². The Hall–Kier alpha value is -1.82. The SMILES string of the molecule is COCCCn1cc(C)nc1NC(C)c1c(C)noc1C. The highest BCUT2D eigenvalue weighted by Gasteiger charge is 2.18. The van der Waals surface area contributed by atoms with Gasteiger partial charge in [-0.15, -0.1) is 0 Å². The second-order valence-electron chi connectivity index (χ2n) is 5.35. The number of anilines is 1. The molecule has 1 atom stereocenters. The van der Waals surface area contributed by atoms with Crippen molar-refractivity contribution in [2.45, 2.75) is 46.7 Å². The van der Waals surface area contributed by atoms with Gasteiger partial charge in [-0.2, -0.15) is 0 Å². The number of aromatic nitrogens is 3. The van der Waals surface area contributed by atoms with E-state index in [4.69, 9.17) is 9.26 Å². The second kappa shape index (κ2) is 6.76. The maximum Gasteiger partial charge on any atom is 0.203 e. The average molecular weight is 292 g/mol. The van der Waals surface area contributed by atoms with E-state index in [1.165, 1.54) is 0 Å². The molecule has 2 aromatic heterocycles. The molecule has 0 bridgehead atoms. The third-order valence-corrected chi connectivity index (χ3v) is 3.51. The summed E-state index contributed by atoms with van der Waals surface area (Å²) in [4.78, 5) is 4.56. The van der Waals surface area contributed by atoms with Gasteiger partial charge in [-0.25, -0.2) is 4.98 Å². The molecule has 116 valence electrons. The number of rotatable bonds is 7. The zero-order valence-corrected chi connectivity index (χ0v) is 13.4. The lowest BCUT2D eigenvalue weighted by Gasteiger charge is -2.16.